The van der Waals surface area contributed by atoms with E-state index in [4.69, 9.17) is 17.3 Å². The Balaban J connectivity index is 2.14. The fourth-order valence-electron chi connectivity index (χ4n) is 1.59. The summed E-state index contributed by atoms with van der Waals surface area (Å²) in [7, 11) is -3.68. The van der Waals surface area contributed by atoms with Crippen LogP contribution >= 0.6 is 27.5 Å². The van der Waals surface area contributed by atoms with E-state index in [1.807, 2.05) is 0 Å². The topological polar surface area (TPSA) is 90.0 Å². The zero-order valence-corrected chi connectivity index (χ0v) is 13.4. The van der Waals surface area contributed by atoms with Gasteiger partial charge in [-0.2, -0.15) is 0 Å². The molecule has 0 saturated heterocycles. The van der Waals surface area contributed by atoms with Gasteiger partial charge < -0.3 is 10.3 Å². The van der Waals surface area contributed by atoms with E-state index >= 15 is 0 Å². The Morgan fingerprint density at radius 3 is 2.85 bits per heavy atom. The van der Waals surface area contributed by atoms with Crippen LogP contribution in [0.25, 0.3) is 0 Å². The van der Waals surface area contributed by atoms with E-state index in [1.54, 1.807) is 23.3 Å². The highest BCUT2D eigenvalue weighted by atomic mass is 79.9. The van der Waals surface area contributed by atoms with Crippen LogP contribution in [0, 0.1) is 0 Å². The predicted octanol–water partition coefficient (Wildman–Crippen LogP) is 1.86. The van der Waals surface area contributed by atoms with Crippen LogP contribution in [0.1, 0.15) is 0 Å². The number of halogens is 2. The van der Waals surface area contributed by atoms with E-state index in [0.29, 0.717) is 11.0 Å². The third kappa shape index (κ3) is 3.51. The zero-order valence-electron chi connectivity index (χ0n) is 10.3. The molecule has 1 aromatic heterocycles. The number of benzene rings is 1. The molecule has 9 heteroatoms. The number of nitrogens with one attached hydrogen (secondary N) is 1. The Morgan fingerprint density at radius 1 is 1.45 bits per heavy atom. The Morgan fingerprint density at radius 2 is 2.20 bits per heavy atom. The molecule has 0 spiro atoms. The maximum absolute atomic E-state index is 12.2. The van der Waals surface area contributed by atoms with Gasteiger partial charge in [0.25, 0.3) is 0 Å². The molecule has 0 aliphatic rings. The molecular formula is C11H12BrClN4O2S. The molecule has 0 aliphatic carbocycles. The molecule has 0 radical (unpaired) electrons. The number of nitrogens with two attached hydrogens (primary N) is 1. The van der Waals surface area contributed by atoms with Gasteiger partial charge in [-0.3, -0.25) is 0 Å². The highest BCUT2D eigenvalue weighted by Crippen LogP contribution is 2.31. The van der Waals surface area contributed by atoms with E-state index in [0.717, 1.165) is 0 Å². The van der Waals surface area contributed by atoms with Crippen molar-refractivity contribution in [3.05, 3.63) is 40.3 Å². The number of sulfonamides is 1. The summed E-state index contributed by atoms with van der Waals surface area (Å²) in [5, 5.41) is 0.265. The van der Waals surface area contributed by atoms with E-state index in [9.17, 15) is 8.42 Å². The number of anilines is 1. The number of imidazole rings is 1. The molecule has 1 aromatic carbocycles. The van der Waals surface area contributed by atoms with Crippen LogP contribution in [-0.2, 0) is 16.6 Å². The van der Waals surface area contributed by atoms with Crippen molar-refractivity contribution < 1.29 is 8.42 Å². The Kier molecular flexibility index (Phi) is 4.69. The van der Waals surface area contributed by atoms with Gasteiger partial charge in [-0.1, -0.05) is 11.6 Å². The van der Waals surface area contributed by atoms with Crippen molar-refractivity contribution in [3.8, 4) is 0 Å². The highest BCUT2D eigenvalue weighted by Gasteiger charge is 2.19. The standard InChI is InChI=1S/C11H12BrClN4O2S/c12-11-9(14)5-8(13)6-10(11)20(18,19)16-2-4-17-3-1-15-7-17/h1,3,5-7,16H,2,4,14H2. The maximum atomic E-state index is 12.2. The van der Waals surface area contributed by atoms with Crippen molar-refractivity contribution in [1.29, 1.82) is 0 Å². The monoisotopic (exact) mass is 378 g/mol. The summed E-state index contributed by atoms with van der Waals surface area (Å²) in [5.41, 5.74) is 5.96. The van der Waals surface area contributed by atoms with Gasteiger partial charge in [0.15, 0.2) is 0 Å². The summed E-state index contributed by atoms with van der Waals surface area (Å²) in [4.78, 5) is 3.90. The quantitative estimate of drug-likeness (QED) is 0.776. The van der Waals surface area contributed by atoms with Gasteiger partial charge >= 0.3 is 0 Å². The molecule has 0 saturated carbocycles. The van der Waals surface area contributed by atoms with Crippen LogP contribution < -0.4 is 10.5 Å². The smallest absolute Gasteiger partial charge is 0.241 e. The lowest BCUT2D eigenvalue weighted by atomic mass is 10.3. The second-order valence-corrected chi connectivity index (χ2v) is 6.97. The van der Waals surface area contributed by atoms with Crippen molar-refractivity contribution >= 4 is 43.2 Å². The SMILES string of the molecule is Nc1cc(Cl)cc(S(=O)(=O)NCCn2ccnc2)c1Br. The summed E-state index contributed by atoms with van der Waals surface area (Å²) in [6, 6.07) is 2.83. The molecule has 0 unspecified atom stereocenters. The summed E-state index contributed by atoms with van der Waals surface area (Å²) >= 11 is 9.00. The molecule has 0 atom stereocenters. The first-order valence-electron chi connectivity index (χ1n) is 5.60. The van der Waals surface area contributed by atoms with Gasteiger partial charge in [0, 0.05) is 36.2 Å². The van der Waals surface area contributed by atoms with Crippen LogP contribution in [0.15, 0.2) is 40.2 Å². The maximum Gasteiger partial charge on any atom is 0.241 e. The fourth-order valence-corrected chi connectivity index (χ4v) is 3.90. The van der Waals surface area contributed by atoms with Crippen molar-refractivity contribution in [3.63, 3.8) is 0 Å². The first-order chi connectivity index (χ1) is 9.40. The highest BCUT2D eigenvalue weighted by molar-refractivity contribution is 9.10. The summed E-state index contributed by atoms with van der Waals surface area (Å²) in [6.07, 6.45) is 4.99. The lowest BCUT2D eigenvalue weighted by molar-refractivity contribution is 0.572. The molecule has 1 heterocycles. The summed E-state index contributed by atoms with van der Waals surface area (Å²) in [6.45, 7) is 0.713. The first kappa shape index (κ1) is 15.3. The van der Waals surface area contributed by atoms with Crippen molar-refractivity contribution in [2.75, 3.05) is 12.3 Å². The number of aromatic nitrogens is 2. The zero-order chi connectivity index (χ0) is 14.8. The molecular weight excluding hydrogens is 368 g/mol. The molecule has 0 aliphatic heterocycles. The number of hydrogen-bond acceptors (Lipinski definition) is 4. The second kappa shape index (κ2) is 6.13. The minimum Gasteiger partial charge on any atom is -0.398 e. The van der Waals surface area contributed by atoms with E-state index in [1.165, 1.54) is 12.1 Å². The van der Waals surface area contributed by atoms with Gasteiger partial charge in [-0.15, -0.1) is 0 Å². The first-order valence-corrected chi connectivity index (χ1v) is 8.25. The normalized spacial score (nSPS) is 11.7. The lowest BCUT2D eigenvalue weighted by Gasteiger charge is -2.11. The van der Waals surface area contributed by atoms with E-state index in [2.05, 4.69) is 25.6 Å². The van der Waals surface area contributed by atoms with Crippen molar-refractivity contribution in [1.82, 2.24) is 14.3 Å². The lowest BCUT2D eigenvalue weighted by Crippen LogP contribution is -2.27. The van der Waals surface area contributed by atoms with Crippen LogP contribution in [0.3, 0.4) is 0 Å². The molecule has 0 bridgehead atoms. The predicted molar refractivity (Wildman–Crippen MR) is 81.0 cm³/mol. The molecule has 20 heavy (non-hydrogen) atoms. The molecule has 0 fully saturated rings. The number of rotatable bonds is 5. The Bertz CT molecular complexity index is 703. The fraction of sp³-hybridized carbons (Fsp3) is 0.182. The van der Waals surface area contributed by atoms with E-state index in [-0.39, 0.29) is 22.2 Å². The van der Waals surface area contributed by atoms with Gasteiger partial charge in [0.1, 0.15) is 0 Å². The molecule has 0 amide bonds. The van der Waals surface area contributed by atoms with Gasteiger partial charge in [0.05, 0.1) is 15.7 Å². The third-order valence-corrected chi connectivity index (χ3v) is 5.39. The second-order valence-electron chi connectivity index (χ2n) is 4.01. The summed E-state index contributed by atoms with van der Waals surface area (Å²) in [5.74, 6) is 0. The van der Waals surface area contributed by atoms with Crippen LogP contribution in [0.2, 0.25) is 5.02 Å². The van der Waals surface area contributed by atoms with Crippen LogP contribution in [0.4, 0.5) is 5.69 Å². The summed E-state index contributed by atoms with van der Waals surface area (Å²) < 4.78 is 29.0. The van der Waals surface area contributed by atoms with Gasteiger partial charge in [0.2, 0.25) is 10.0 Å². The Labute approximate surface area is 130 Å². The average molecular weight is 380 g/mol. The average Bonchev–Trinajstić information content (AvgIpc) is 2.86. The molecule has 3 N–H and O–H groups in total. The van der Waals surface area contributed by atoms with Crippen molar-refractivity contribution in [2.45, 2.75) is 11.4 Å². The largest absolute Gasteiger partial charge is 0.398 e. The van der Waals surface area contributed by atoms with Gasteiger partial charge in [-0.25, -0.2) is 18.1 Å². The number of hydrogen-bond donors (Lipinski definition) is 2. The molecule has 6 nitrogen and oxygen atoms in total. The minimum atomic E-state index is -3.68. The van der Waals surface area contributed by atoms with Crippen LogP contribution in [0.5, 0.6) is 0 Å². The number of nitrogens with zero attached hydrogens (tertiary/aromatic N) is 2. The van der Waals surface area contributed by atoms with Crippen molar-refractivity contribution in [2.24, 2.45) is 0 Å². The number of nitrogen functional groups attached to an aromatic ring is 1. The third-order valence-electron chi connectivity index (χ3n) is 2.54. The Hall–Kier alpha value is -1.09. The molecule has 2 rings (SSSR count). The molecule has 2 aromatic rings. The minimum absolute atomic E-state index is 0.0214. The van der Waals surface area contributed by atoms with Crippen LogP contribution in [-0.4, -0.2) is 24.5 Å². The van der Waals surface area contributed by atoms with E-state index < -0.39 is 10.0 Å². The molecule has 108 valence electrons. The van der Waals surface area contributed by atoms with Gasteiger partial charge in [-0.05, 0) is 28.1 Å².